The lowest BCUT2D eigenvalue weighted by Gasteiger charge is -2.30. The van der Waals surface area contributed by atoms with Crippen molar-refractivity contribution in [3.63, 3.8) is 0 Å². The van der Waals surface area contributed by atoms with E-state index in [1.54, 1.807) is 4.52 Å². The van der Waals surface area contributed by atoms with Crippen LogP contribution in [0.5, 0.6) is 0 Å². The first kappa shape index (κ1) is 12.7. The Balaban J connectivity index is 1.99. The normalized spacial score (nSPS) is 23.7. The molecule has 2 atom stereocenters. The number of hydrogen-bond donors (Lipinski definition) is 1. The molecular weight excluding hydrogens is 262 g/mol. The monoisotopic (exact) mass is 279 g/mol. The first-order valence-electron chi connectivity index (χ1n) is 6.79. The van der Waals surface area contributed by atoms with Gasteiger partial charge in [-0.05, 0) is 25.7 Å². The highest BCUT2D eigenvalue weighted by Crippen LogP contribution is 2.29. The molecule has 0 spiro atoms. The molecule has 1 saturated carbocycles. The molecule has 19 heavy (non-hydrogen) atoms. The van der Waals surface area contributed by atoms with Gasteiger partial charge >= 0.3 is 0 Å². The molecule has 3 rings (SSSR count). The fraction of sp³-hybridized carbons (Fsp3) is 0.615. The van der Waals surface area contributed by atoms with Gasteiger partial charge in [0.25, 0.3) is 5.78 Å². The Kier molecular flexibility index (Phi) is 3.31. The maximum Gasteiger partial charge on any atom is 0.255 e. The van der Waals surface area contributed by atoms with Gasteiger partial charge < -0.3 is 5.32 Å². The van der Waals surface area contributed by atoms with Crippen molar-refractivity contribution in [2.24, 2.45) is 5.92 Å². The first-order chi connectivity index (χ1) is 9.16. The van der Waals surface area contributed by atoms with Crippen molar-refractivity contribution in [3.05, 3.63) is 17.0 Å². The zero-order valence-electron chi connectivity index (χ0n) is 11.2. The van der Waals surface area contributed by atoms with Crippen molar-refractivity contribution >= 4 is 23.2 Å². The average Bonchev–Trinajstić information content (AvgIpc) is 2.85. The number of halogens is 1. The Labute approximate surface area is 117 Å². The molecule has 0 radical (unpaired) electrons. The summed E-state index contributed by atoms with van der Waals surface area (Å²) in [5.41, 5.74) is 0.928. The van der Waals surface area contributed by atoms with E-state index in [2.05, 4.69) is 27.3 Å². The van der Waals surface area contributed by atoms with Crippen molar-refractivity contribution in [1.82, 2.24) is 19.6 Å². The van der Waals surface area contributed by atoms with Gasteiger partial charge in [-0.25, -0.2) is 0 Å². The van der Waals surface area contributed by atoms with Crippen LogP contribution in [0.2, 0.25) is 5.15 Å². The molecular formula is C13H18ClN5. The van der Waals surface area contributed by atoms with E-state index in [0.717, 1.165) is 11.4 Å². The van der Waals surface area contributed by atoms with E-state index in [1.807, 2.05) is 6.92 Å². The van der Waals surface area contributed by atoms with Crippen LogP contribution in [-0.4, -0.2) is 25.6 Å². The smallest absolute Gasteiger partial charge is 0.255 e. The Morgan fingerprint density at radius 1 is 1.37 bits per heavy atom. The molecule has 2 aromatic rings. The number of rotatable bonds is 2. The third kappa shape index (κ3) is 2.27. The van der Waals surface area contributed by atoms with Crippen LogP contribution >= 0.6 is 11.6 Å². The molecule has 2 unspecified atom stereocenters. The van der Waals surface area contributed by atoms with Gasteiger partial charge in [-0.3, -0.25) is 0 Å². The highest BCUT2D eigenvalue weighted by Gasteiger charge is 2.23. The van der Waals surface area contributed by atoms with Gasteiger partial charge in [0.2, 0.25) is 0 Å². The van der Waals surface area contributed by atoms with Gasteiger partial charge in [0.1, 0.15) is 17.3 Å². The predicted octanol–water partition coefficient (Wildman–Crippen LogP) is 3.08. The van der Waals surface area contributed by atoms with Crippen molar-refractivity contribution in [2.75, 3.05) is 5.32 Å². The zero-order valence-corrected chi connectivity index (χ0v) is 12.0. The minimum absolute atomic E-state index is 0.471. The zero-order chi connectivity index (χ0) is 13.4. The fourth-order valence-electron chi connectivity index (χ4n) is 2.77. The van der Waals surface area contributed by atoms with Gasteiger partial charge in [0, 0.05) is 11.6 Å². The molecule has 0 amide bonds. The highest BCUT2D eigenvalue weighted by atomic mass is 35.5. The van der Waals surface area contributed by atoms with E-state index in [-0.39, 0.29) is 0 Å². The molecule has 1 fully saturated rings. The summed E-state index contributed by atoms with van der Waals surface area (Å²) in [4.78, 5) is 8.33. The summed E-state index contributed by atoms with van der Waals surface area (Å²) in [5.74, 6) is 2.13. The summed E-state index contributed by atoms with van der Waals surface area (Å²) >= 11 is 6.17. The number of hydrogen-bond acceptors (Lipinski definition) is 4. The SMILES string of the molecule is Cc1c(Cl)nc2ncnn2c1NC1CCCCC1C. The molecule has 2 aromatic heterocycles. The van der Waals surface area contributed by atoms with Gasteiger partial charge in [-0.2, -0.15) is 19.6 Å². The summed E-state index contributed by atoms with van der Waals surface area (Å²) in [6.45, 7) is 4.26. The Morgan fingerprint density at radius 2 is 2.16 bits per heavy atom. The standard InChI is InChI=1S/C13H18ClN5/c1-8-5-3-4-6-10(8)17-12-9(2)11(14)18-13-15-7-16-19(12)13/h7-8,10,17H,3-6H2,1-2H3. The van der Waals surface area contributed by atoms with Gasteiger partial charge in [-0.15, -0.1) is 0 Å². The Bertz CT molecular complexity index is 594. The van der Waals surface area contributed by atoms with Crippen molar-refractivity contribution in [2.45, 2.75) is 45.6 Å². The Hall–Kier alpha value is -1.36. The van der Waals surface area contributed by atoms with E-state index in [0.29, 0.717) is 22.9 Å². The van der Waals surface area contributed by atoms with Crippen LogP contribution in [0.15, 0.2) is 6.33 Å². The molecule has 0 aliphatic heterocycles. The lowest BCUT2D eigenvalue weighted by Crippen LogP contribution is -2.31. The van der Waals surface area contributed by atoms with Crippen LogP contribution in [-0.2, 0) is 0 Å². The number of fused-ring (bicyclic) bond motifs is 1. The Morgan fingerprint density at radius 3 is 2.95 bits per heavy atom. The minimum atomic E-state index is 0.471. The summed E-state index contributed by atoms with van der Waals surface area (Å²) in [5, 5.41) is 8.33. The van der Waals surface area contributed by atoms with Crippen molar-refractivity contribution < 1.29 is 0 Å². The summed E-state index contributed by atoms with van der Waals surface area (Å²) in [7, 11) is 0. The molecule has 1 aliphatic carbocycles. The van der Waals surface area contributed by atoms with Crippen molar-refractivity contribution in [1.29, 1.82) is 0 Å². The van der Waals surface area contributed by atoms with Crippen LogP contribution in [0, 0.1) is 12.8 Å². The van der Waals surface area contributed by atoms with E-state index in [1.165, 1.54) is 32.0 Å². The molecule has 0 bridgehead atoms. The maximum atomic E-state index is 6.17. The minimum Gasteiger partial charge on any atom is -0.367 e. The van der Waals surface area contributed by atoms with E-state index in [9.17, 15) is 0 Å². The molecule has 1 aliphatic rings. The molecule has 0 saturated heterocycles. The molecule has 2 heterocycles. The summed E-state index contributed by atoms with van der Waals surface area (Å²) < 4.78 is 1.74. The number of aromatic nitrogens is 4. The van der Waals surface area contributed by atoms with Crippen LogP contribution < -0.4 is 5.32 Å². The van der Waals surface area contributed by atoms with Crippen molar-refractivity contribution in [3.8, 4) is 0 Å². The lowest BCUT2D eigenvalue weighted by atomic mass is 9.86. The number of anilines is 1. The van der Waals surface area contributed by atoms with Gasteiger partial charge in [0.05, 0.1) is 0 Å². The molecule has 6 heteroatoms. The van der Waals surface area contributed by atoms with Crippen LogP contribution in [0.25, 0.3) is 5.78 Å². The third-order valence-electron chi connectivity index (χ3n) is 4.04. The largest absolute Gasteiger partial charge is 0.367 e. The molecule has 102 valence electrons. The van der Waals surface area contributed by atoms with E-state index < -0.39 is 0 Å². The average molecular weight is 280 g/mol. The topological polar surface area (TPSA) is 55.1 Å². The number of nitrogens with zero attached hydrogens (tertiary/aromatic N) is 4. The van der Waals surface area contributed by atoms with Crippen LogP contribution in [0.3, 0.4) is 0 Å². The second kappa shape index (κ2) is 4.96. The highest BCUT2D eigenvalue weighted by molar-refractivity contribution is 6.30. The first-order valence-corrected chi connectivity index (χ1v) is 7.17. The summed E-state index contributed by atoms with van der Waals surface area (Å²) in [6.07, 6.45) is 6.58. The van der Waals surface area contributed by atoms with Gasteiger partial charge in [0.15, 0.2) is 0 Å². The number of nitrogens with one attached hydrogen (secondary N) is 1. The van der Waals surface area contributed by atoms with E-state index >= 15 is 0 Å². The molecule has 5 nitrogen and oxygen atoms in total. The predicted molar refractivity (Wildman–Crippen MR) is 75.6 cm³/mol. The second-order valence-electron chi connectivity index (χ2n) is 5.36. The fourth-order valence-corrected chi connectivity index (χ4v) is 2.94. The van der Waals surface area contributed by atoms with Crippen LogP contribution in [0.1, 0.15) is 38.2 Å². The summed E-state index contributed by atoms with van der Waals surface area (Å²) in [6, 6.07) is 0.471. The second-order valence-corrected chi connectivity index (χ2v) is 5.72. The van der Waals surface area contributed by atoms with Crippen LogP contribution in [0.4, 0.5) is 5.82 Å². The van der Waals surface area contributed by atoms with E-state index in [4.69, 9.17) is 11.6 Å². The maximum absolute atomic E-state index is 6.17. The molecule has 1 N–H and O–H groups in total. The lowest BCUT2D eigenvalue weighted by molar-refractivity contribution is 0.348. The molecule has 0 aromatic carbocycles. The quantitative estimate of drug-likeness (QED) is 0.859. The third-order valence-corrected chi connectivity index (χ3v) is 4.41. The van der Waals surface area contributed by atoms with Gasteiger partial charge in [-0.1, -0.05) is 31.4 Å².